The van der Waals surface area contributed by atoms with Crippen molar-refractivity contribution in [2.24, 2.45) is 0 Å². The van der Waals surface area contributed by atoms with Crippen LogP contribution in [0.3, 0.4) is 0 Å². The molecule has 0 aliphatic carbocycles. The van der Waals surface area contributed by atoms with Crippen LogP contribution in [0.15, 0.2) is 59.2 Å². The van der Waals surface area contributed by atoms with E-state index in [9.17, 15) is 13.6 Å². The number of carbonyl (C=O) groups excluding carboxylic acids is 1. The van der Waals surface area contributed by atoms with E-state index < -0.39 is 11.7 Å². The second-order valence-electron chi connectivity index (χ2n) is 6.15. The van der Waals surface area contributed by atoms with Crippen molar-refractivity contribution in [2.45, 2.75) is 19.4 Å². The highest BCUT2D eigenvalue weighted by Crippen LogP contribution is 2.28. The molecule has 3 aromatic rings. The van der Waals surface area contributed by atoms with Gasteiger partial charge in [0.2, 0.25) is 5.91 Å². The molecular formula is C20H19F2N3O3. The first-order valence-corrected chi connectivity index (χ1v) is 8.47. The first-order valence-electron chi connectivity index (χ1n) is 8.47. The van der Waals surface area contributed by atoms with Crippen molar-refractivity contribution in [3.63, 3.8) is 0 Å². The zero-order valence-corrected chi connectivity index (χ0v) is 15.4. The Morgan fingerprint density at radius 3 is 2.64 bits per heavy atom. The summed E-state index contributed by atoms with van der Waals surface area (Å²) >= 11 is 0. The number of alkyl halides is 2. The van der Waals surface area contributed by atoms with E-state index in [-0.39, 0.29) is 12.5 Å². The summed E-state index contributed by atoms with van der Waals surface area (Å²) in [6.07, 6.45) is 4.68. The van der Waals surface area contributed by atoms with Crippen molar-refractivity contribution in [3.05, 3.63) is 71.8 Å². The summed E-state index contributed by atoms with van der Waals surface area (Å²) in [5.74, 6) is -2.34. The Kier molecular flexibility index (Phi) is 5.58. The first-order chi connectivity index (χ1) is 13.3. The number of rotatable bonds is 7. The maximum Gasteiger partial charge on any atom is 0.301 e. The summed E-state index contributed by atoms with van der Waals surface area (Å²) in [6, 6.07) is 11.6. The van der Waals surface area contributed by atoms with Gasteiger partial charge >= 0.3 is 5.92 Å². The number of aromatic nitrogens is 2. The van der Waals surface area contributed by atoms with Crippen LogP contribution in [0.1, 0.15) is 24.0 Å². The van der Waals surface area contributed by atoms with Gasteiger partial charge in [-0.2, -0.15) is 13.9 Å². The highest BCUT2D eigenvalue weighted by molar-refractivity contribution is 6.01. The molecule has 1 N–H and O–H groups in total. The largest absolute Gasteiger partial charge is 0.497 e. The van der Waals surface area contributed by atoms with Gasteiger partial charge in [-0.25, -0.2) is 0 Å². The molecule has 3 rings (SSSR count). The Bertz CT molecular complexity index is 969. The number of nitrogens with one attached hydrogen (secondary N) is 1. The average molecular weight is 387 g/mol. The van der Waals surface area contributed by atoms with Gasteiger partial charge < -0.3 is 14.5 Å². The van der Waals surface area contributed by atoms with Crippen LogP contribution in [0.25, 0.3) is 6.08 Å². The van der Waals surface area contributed by atoms with Gasteiger partial charge in [0.25, 0.3) is 0 Å². The number of hydrogen-bond acceptors (Lipinski definition) is 4. The standard InChI is InChI=1S/C20H19F2N3O3/c1-20(21,22)17-9-8-16(28-17)13-25-12-11-18(24-25)23-19(26)10-5-14-3-6-15(27-2)7-4-14/h3-12H,13H2,1-2H3,(H,23,24,26). The lowest BCUT2D eigenvalue weighted by molar-refractivity contribution is -0.111. The molecule has 0 aliphatic rings. The van der Waals surface area contributed by atoms with Crippen LogP contribution in [0.2, 0.25) is 0 Å². The molecule has 0 radical (unpaired) electrons. The Morgan fingerprint density at radius 1 is 1.25 bits per heavy atom. The van der Waals surface area contributed by atoms with Gasteiger partial charge in [-0.1, -0.05) is 12.1 Å². The predicted octanol–water partition coefficient (Wildman–Crippen LogP) is 4.30. The lowest BCUT2D eigenvalue weighted by atomic mass is 10.2. The molecule has 2 heterocycles. The fourth-order valence-corrected chi connectivity index (χ4v) is 2.43. The molecular weight excluding hydrogens is 368 g/mol. The monoisotopic (exact) mass is 387 g/mol. The Morgan fingerprint density at radius 2 is 2.00 bits per heavy atom. The van der Waals surface area contributed by atoms with Gasteiger partial charge in [-0.05, 0) is 35.9 Å². The summed E-state index contributed by atoms with van der Waals surface area (Å²) in [5.41, 5.74) is 0.850. The minimum absolute atomic E-state index is 0.174. The number of furan rings is 1. The summed E-state index contributed by atoms with van der Waals surface area (Å²) in [7, 11) is 1.58. The fourth-order valence-electron chi connectivity index (χ4n) is 2.43. The molecule has 0 unspecified atom stereocenters. The predicted molar refractivity (Wildman–Crippen MR) is 100 cm³/mol. The molecule has 28 heavy (non-hydrogen) atoms. The summed E-state index contributed by atoms with van der Waals surface area (Å²) in [6.45, 7) is 0.949. The van der Waals surface area contributed by atoms with Crippen LogP contribution in [0.4, 0.5) is 14.6 Å². The third kappa shape index (κ3) is 5.06. The second-order valence-corrected chi connectivity index (χ2v) is 6.15. The van der Waals surface area contributed by atoms with E-state index in [2.05, 4.69) is 10.4 Å². The van der Waals surface area contributed by atoms with E-state index in [4.69, 9.17) is 9.15 Å². The van der Waals surface area contributed by atoms with Crippen LogP contribution in [0.5, 0.6) is 5.75 Å². The Labute approximate surface area is 160 Å². The molecule has 0 atom stereocenters. The van der Waals surface area contributed by atoms with E-state index in [1.54, 1.807) is 37.6 Å². The molecule has 0 saturated heterocycles. The van der Waals surface area contributed by atoms with Crippen molar-refractivity contribution in [3.8, 4) is 5.75 Å². The van der Waals surface area contributed by atoms with Gasteiger partial charge in [0.05, 0.1) is 13.7 Å². The maximum atomic E-state index is 13.2. The second kappa shape index (κ2) is 8.08. The normalized spacial score (nSPS) is 11.7. The van der Waals surface area contributed by atoms with Gasteiger partial charge in [-0.15, -0.1) is 0 Å². The van der Waals surface area contributed by atoms with Crippen LogP contribution < -0.4 is 10.1 Å². The number of hydrogen-bond donors (Lipinski definition) is 1. The van der Waals surface area contributed by atoms with Crippen LogP contribution in [-0.4, -0.2) is 22.8 Å². The summed E-state index contributed by atoms with van der Waals surface area (Å²) in [5, 5.41) is 6.82. The van der Waals surface area contributed by atoms with Crippen LogP contribution in [-0.2, 0) is 17.3 Å². The van der Waals surface area contributed by atoms with Gasteiger partial charge in [0.15, 0.2) is 11.6 Å². The summed E-state index contributed by atoms with van der Waals surface area (Å²) < 4.78 is 38.1. The van der Waals surface area contributed by atoms with Gasteiger partial charge in [0.1, 0.15) is 11.5 Å². The Balaban J connectivity index is 1.57. The van der Waals surface area contributed by atoms with Crippen molar-refractivity contribution in [2.75, 3.05) is 12.4 Å². The van der Waals surface area contributed by atoms with Crippen LogP contribution in [0, 0.1) is 0 Å². The summed E-state index contributed by atoms with van der Waals surface area (Å²) in [4.78, 5) is 12.0. The highest BCUT2D eigenvalue weighted by atomic mass is 19.3. The number of carbonyl (C=O) groups is 1. The van der Waals surface area contributed by atoms with E-state index in [0.717, 1.165) is 18.2 Å². The molecule has 0 spiro atoms. The van der Waals surface area contributed by atoms with E-state index in [0.29, 0.717) is 11.6 Å². The number of benzene rings is 1. The molecule has 2 aromatic heterocycles. The number of methoxy groups -OCH3 is 1. The van der Waals surface area contributed by atoms with Crippen molar-refractivity contribution in [1.29, 1.82) is 0 Å². The molecule has 1 aromatic carbocycles. The molecule has 6 nitrogen and oxygen atoms in total. The molecule has 1 amide bonds. The van der Waals surface area contributed by atoms with Crippen LogP contribution >= 0.6 is 0 Å². The van der Waals surface area contributed by atoms with Crippen molar-refractivity contribution >= 4 is 17.8 Å². The molecule has 0 bridgehead atoms. The van der Waals surface area contributed by atoms with Gasteiger partial charge in [0, 0.05) is 25.3 Å². The molecule has 0 saturated carbocycles. The highest BCUT2D eigenvalue weighted by Gasteiger charge is 2.28. The van der Waals surface area contributed by atoms with Crippen molar-refractivity contribution in [1.82, 2.24) is 9.78 Å². The van der Waals surface area contributed by atoms with E-state index >= 15 is 0 Å². The van der Waals surface area contributed by atoms with E-state index in [1.807, 2.05) is 12.1 Å². The number of amides is 1. The lowest BCUT2D eigenvalue weighted by Gasteiger charge is -2.05. The SMILES string of the molecule is COc1ccc(C=CC(=O)Nc2ccn(Cc3ccc(C(C)(F)F)o3)n2)cc1. The van der Waals surface area contributed by atoms with Crippen molar-refractivity contribution < 1.29 is 22.7 Å². The minimum Gasteiger partial charge on any atom is -0.497 e. The Hall–Kier alpha value is -3.42. The third-order valence-corrected chi connectivity index (χ3v) is 3.85. The number of halogens is 2. The van der Waals surface area contributed by atoms with E-state index in [1.165, 1.54) is 22.9 Å². The smallest absolute Gasteiger partial charge is 0.301 e. The fraction of sp³-hybridized carbons (Fsp3) is 0.200. The zero-order chi connectivity index (χ0) is 20.1. The lowest BCUT2D eigenvalue weighted by Crippen LogP contribution is -2.09. The first kappa shape index (κ1) is 19.3. The topological polar surface area (TPSA) is 69.3 Å². The average Bonchev–Trinajstić information content (AvgIpc) is 3.30. The molecule has 0 fully saturated rings. The molecule has 8 heteroatoms. The third-order valence-electron chi connectivity index (χ3n) is 3.85. The maximum absolute atomic E-state index is 13.2. The number of nitrogens with zero attached hydrogens (tertiary/aromatic N) is 2. The quantitative estimate of drug-likeness (QED) is 0.614. The zero-order valence-electron chi connectivity index (χ0n) is 15.4. The van der Waals surface area contributed by atoms with Gasteiger partial charge in [-0.3, -0.25) is 9.48 Å². The molecule has 0 aliphatic heterocycles. The minimum atomic E-state index is -3.03. The number of ether oxygens (including phenoxy) is 1. The number of anilines is 1. The molecule has 146 valence electrons.